The zero-order valence-electron chi connectivity index (χ0n) is 10.8. The first-order valence-electron chi connectivity index (χ1n) is 5.93. The lowest BCUT2D eigenvalue weighted by atomic mass is 9.96. The Morgan fingerprint density at radius 1 is 1.57 bits per heavy atom. The molecule has 9 heteroatoms. The minimum Gasteiger partial charge on any atom is -0.394 e. The summed E-state index contributed by atoms with van der Waals surface area (Å²) in [7, 11) is 0. The number of rotatable bonds is 2. The van der Waals surface area contributed by atoms with Crippen LogP contribution in [-0.4, -0.2) is 44.2 Å². The molecule has 0 radical (unpaired) electrons. The molecule has 0 aliphatic carbocycles. The Hall–Kier alpha value is -2.02. The van der Waals surface area contributed by atoms with Crippen molar-refractivity contribution in [3.8, 4) is 11.8 Å². The van der Waals surface area contributed by atoms with Gasteiger partial charge in [-0.2, -0.15) is 4.39 Å². The maximum atomic E-state index is 14.9. The molecular formula is C12H12F2N2O5. The van der Waals surface area contributed by atoms with Crippen molar-refractivity contribution < 1.29 is 23.7 Å². The summed E-state index contributed by atoms with van der Waals surface area (Å²) in [6.45, 7) is 0.572. The van der Waals surface area contributed by atoms with E-state index in [-0.39, 0.29) is 0 Å². The lowest BCUT2D eigenvalue weighted by Gasteiger charge is -2.23. The summed E-state index contributed by atoms with van der Waals surface area (Å²) in [5, 5.41) is 18.9. The molecule has 2 heterocycles. The normalized spacial score (nSPS) is 31.8. The van der Waals surface area contributed by atoms with Crippen LogP contribution in [0.4, 0.5) is 8.78 Å². The fraction of sp³-hybridized carbons (Fsp3) is 0.500. The van der Waals surface area contributed by atoms with Crippen LogP contribution in [0.2, 0.25) is 0 Å². The van der Waals surface area contributed by atoms with E-state index in [1.54, 1.807) is 4.98 Å². The number of aliphatic hydroxyl groups excluding tert-OH is 2. The van der Waals surface area contributed by atoms with Crippen LogP contribution in [0, 0.1) is 17.7 Å². The molecule has 0 amide bonds. The SMILES string of the molecule is CC#CC1(F)C(O)[C@@H](CO)O[C@H]1n1cc(F)c(=O)[nH]c1=O. The van der Waals surface area contributed by atoms with Crippen molar-refractivity contribution in [2.75, 3.05) is 6.61 Å². The van der Waals surface area contributed by atoms with E-state index in [9.17, 15) is 23.5 Å². The molecule has 1 aliphatic rings. The lowest BCUT2D eigenvalue weighted by molar-refractivity contribution is -0.0547. The van der Waals surface area contributed by atoms with Crippen molar-refractivity contribution in [3.63, 3.8) is 0 Å². The van der Waals surface area contributed by atoms with Gasteiger partial charge in [0, 0.05) is 0 Å². The first-order valence-corrected chi connectivity index (χ1v) is 5.93. The predicted octanol–water partition coefficient (Wildman–Crippen LogP) is -1.34. The topological polar surface area (TPSA) is 105 Å². The summed E-state index contributed by atoms with van der Waals surface area (Å²) in [6.07, 6.45) is -4.54. The fourth-order valence-electron chi connectivity index (χ4n) is 2.13. The van der Waals surface area contributed by atoms with Gasteiger partial charge >= 0.3 is 5.69 Å². The third kappa shape index (κ3) is 2.37. The smallest absolute Gasteiger partial charge is 0.330 e. The van der Waals surface area contributed by atoms with Crippen molar-refractivity contribution in [1.82, 2.24) is 9.55 Å². The molecule has 7 nitrogen and oxygen atoms in total. The largest absolute Gasteiger partial charge is 0.394 e. The van der Waals surface area contributed by atoms with E-state index >= 15 is 0 Å². The second-order valence-electron chi connectivity index (χ2n) is 4.44. The van der Waals surface area contributed by atoms with Gasteiger partial charge < -0.3 is 14.9 Å². The van der Waals surface area contributed by atoms with Crippen molar-refractivity contribution in [2.24, 2.45) is 0 Å². The number of nitrogens with one attached hydrogen (secondary N) is 1. The summed E-state index contributed by atoms with van der Waals surface area (Å²) in [5.41, 5.74) is -5.13. The van der Waals surface area contributed by atoms with Gasteiger partial charge in [0.05, 0.1) is 12.8 Å². The molecule has 1 aliphatic heterocycles. The molecule has 0 bridgehead atoms. The van der Waals surface area contributed by atoms with Crippen molar-refractivity contribution in [1.29, 1.82) is 0 Å². The van der Waals surface area contributed by atoms with Crippen LogP contribution in [0.1, 0.15) is 13.2 Å². The van der Waals surface area contributed by atoms with Crippen LogP contribution in [0.25, 0.3) is 0 Å². The third-order valence-electron chi connectivity index (χ3n) is 3.12. The quantitative estimate of drug-likeness (QED) is 0.586. The average molecular weight is 302 g/mol. The highest BCUT2D eigenvalue weighted by Crippen LogP contribution is 2.40. The number of aromatic nitrogens is 2. The maximum absolute atomic E-state index is 14.9. The monoisotopic (exact) mass is 302 g/mol. The molecular weight excluding hydrogens is 290 g/mol. The van der Waals surface area contributed by atoms with E-state index in [0.29, 0.717) is 10.8 Å². The number of halogens is 2. The highest BCUT2D eigenvalue weighted by Gasteiger charge is 2.57. The fourth-order valence-corrected chi connectivity index (χ4v) is 2.13. The average Bonchev–Trinajstić information content (AvgIpc) is 2.67. The zero-order chi connectivity index (χ0) is 15.8. The first-order chi connectivity index (χ1) is 9.85. The number of aromatic amines is 1. The molecule has 2 unspecified atom stereocenters. The molecule has 4 atom stereocenters. The molecule has 1 fully saturated rings. The molecule has 21 heavy (non-hydrogen) atoms. The van der Waals surface area contributed by atoms with Crippen molar-refractivity contribution in [3.05, 3.63) is 32.9 Å². The minimum atomic E-state index is -2.74. The van der Waals surface area contributed by atoms with Gasteiger partial charge in [0.25, 0.3) is 5.56 Å². The summed E-state index contributed by atoms with van der Waals surface area (Å²) < 4.78 is 33.7. The van der Waals surface area contributed by atoms with Crippen molar-refractivity contribution >= 4 is 0 Å². The van der Waals surface area contributed by atoms with Crippen LogP contribution < -0.4 is 11.2 Å². The molecule has 1 saturated heterocycles. The van der Waals surface area contributed by atoms with Crippen LogP contribution in [-0.2, 0) is 4.74 Å². The Morgan fingerprint density at radius 2 is 2.24 bits per heavy atom. The Labute approximate surface area is 116 Å². The summed E-state index contributed by atoms with van der Waals surface area (Å²) in [5.74, 6) is 2.98. The van der Waals surface area contributed by atoms with Gasteiger partial charge in [-0.25, -0.2) is 9.18 Å². The standard InChI is InChI=1S/C12H12F2N2O5/c1-2-3-12(14)8(18)7(5-17)21-10(12)16-4-6(13)9(19)15-11(16)20/h4,7-8,10,17-18H,5H2,1H3,(H,15,19,20)/t7-,8?,10-,12?/m1/s1. The number of H-pyrrole nitrogens is 1. The van der Waals surface area contributed by atoms with E-state index in [1.807, 2.05) is 0 Å². The van der Waals surface area contributed by atoms with Gasteiger partial charge in [0.15, 0.2) is 6.23 Å². The molecule has 0 spiro atoms. The summed E-state index contributed by atoms with van der Waals surface area (Å²) in [6, 6.07) is 0. The lowest BCUT2D eigenvalue weighted by Crippen LogP contribution is -2.45. The number of ether oxygens (including phenoxy) is 1. The van der Waals surface area contributed by atoms with Gasteiger partial charge in [0.2, 0.25) is 11.5 Å². The summed E-state index contributed by atoms with van der Waals surface area (Å²) >= 11 is 0. The van der Waals surface area contributed by atoms with E-state index in [0.717, 1.165) is 0 Å². The molecule has 0 aromatic carbocycles. The second-order valence-corrected chi connectivity index (χ2v) is 4.44. The van der Waals surface area contributed by atoms with Gasteiger partial charge in [-0.3, -0.25) is 14.3 Å². The first kappa shape index (κ1) is 15.4. The van der Waals surface area contributed by atoms with Gasteiger partial charge in [-0.05, 0) is 6.92 Å². The number of hydrogen-bond donors (Lipinski definition) is 3. The Balaban J connectivity index is 2.60. The Bertz CT molecular complexity index is 719. The molecule has 0 saturated carbocycles. The molecule has 1 aromatic heterocycles. The highest BCUT2D eigenvalue weighted by atomic mass is 19.1. The van der Waals surface area contributed by atoms with E-state index in [1.165, 1.54) is 6.92 Å². The maximum Gasteiger partial charge on any atom is 0.330 e. The molecule has 1 aromatic rings. The van der Waals surface area contributed by atoms with Crippen LogP contribution in [0.3, 0.4) is 0 Å². The minimum absolute atomic E-state index is 0.444. The number of hydrogen-bond acceptors (Lipinski definition) is 5. The number of alkyl halides is 1. The Kier molecular flexibility index (Phi) is 3.95. The third-order valence-corrected chi connectivity index (χ3v) is 3.12. The number of aliphatic hydroxyl groups is 2. The van der Waals surface area contributed by atoms with E-state index in [4.69, 9.17) is 9.84 Å². The van der Waals surface area contributed by atoms with Gasteiger partial charge in [-0.1, -0.05) is 5.92 Å². The van der Waals surface area contributed by atoms with Gasteiger partial charge in [-0.15, -0.1) is 5.92 Å². The van der Waals surface area contributed by atoms with E-state index < -0.39 is 47.8 Å². The predicted molar refractivity (Wildman–Crippen MR) is 65.6 cm³/mol. The van der Waals surface area contributed by atoms with Crippen LogP contribution in [0.15, 0.2) is 15.8 Å². The van der Waals surface area contributed by atoms with Crippen LogP contribution in [0.5, 0.6) is 0 Å². The molecule has 3 N–H and O–H groups in total. The summed E-state index contributed by atoms with van der Waals surface area (Å²) in [4.78, 5) is 24.3. The second kappa shape index (κ2) is 5.40. The molecule has 2 rings (SSSR count). The number of nitrogens with zero attached hydrogens (tertiary/aromatic N) is 1. The highest BCUT2D eigenvalue weighted by molar-refractivity contribution is 5.22. The zero-order valence-corrected chi connectivity index (χ0v) is 10.8. The van der Waals surface area contributed by atoms with Crippen LogP contribution >= 0.6 is 0 Å². The van der Waals surface area contributed by atoms with E-state index in [2.05, 4.69) is 11.8 Å². The van der Waals surface area contributed by atoms with Crippen molar-refractivity contribution in [2.45, 2.75) is 31.0 Å². The molecule has 114 valence electrons. The van der Waals surface area contributed by atoms with Gasteiger partial charge in [0.1, 0.15) is 12.2 Å². The Morgan fingerprint density at radius 3 is 2.81 bits per heavy atom.